The van der Waals surface area contributed by atoms with Crippen molar-refractivity contribution in [3.8, 4) is 0 Å². The first-order valence-electron chi connectivity index (χ1n) is 9.20. The van der Waals surface area contributed by atoms with Crippen LogP contribution in [0.5, 0.6) is 0 Å². The lowest BCUT2D eigenvalue weighted by molar-refractivity contribution is -0.131. The second-order valence-electron chi connectivity index (χ2n) is 7.25. The molecule has 26 heavy (non-hydrogen) atoms. The van der Waals surface area contributed by atoms with Gasteiger partial charge in [0, 0.05) is 30.2 Å². The van der Waals surface area contributed by atoms with Crippen LogP contribution in [0.2, 0.25) is 0 Å². The van der Waals surface area contributed by atoms with Gasteiger partial charge >= 0.3 is 0 Å². The van der Waals surface area contributed by atoms with Crippen LogP contribution in [0.1, 0.15) is 35.4 Å². The lowest BCUT2D eigenvalue weighted by atomic mass is 9.89. The van der Waals surface area contributed by atoms with E-state index in [4.69, 9.17) is 0 Å². The fraction of sp³-hybridized carbons (Fsp3) is 0.318. The molecule has 1 fully saturated rings. The minimum Gasteiger partial charge on any atom is -0.361 e. The van der Waals surface area contributed by atoms with E-state index in [1.165, 1.54) is 17.2 Å². The highest BCUT2D eigenvalue weighted by molar-refractivity contribution is 5.84. The van der Waals surface area contributed by atoms with Crippen LogP contribution < -0.4 is 0 Å². The lowest BCUT2D eigenvalue weighted by Gasteiger charge is -2.32. The maximum absolute atomic E-state index is 13.6. The smallest absolute Gasteiger partial charge is 0.226 e. The van der Waals surface area contributed by atoms with Gasteiger partial charge in [-0.3, -0.25) is 4.79 Å². The molecule has 0 spiro atoms. The number of aromatic nitrogens is 1. The summed E-state index contributed by atoms with van der Waals surface area (Å²) in [4.78, 5) is 17.8. The number of piperidine rings is 1. The Balaban J connectivity index is 1.42. The highest BCUT2D eigenvalue weighted by Crippen LogP contribution is 2.33. The number of aryl methyl sites for hydroxylation is 1. The van der Waals surface area contributed by atoms with Crippen molar-refractivity contribution in [2.45, 2.75) is 32.1 Å². The van der Waals surface area contributed by atoms with Gasteiger partial charge in [0.15, 0.2) is 0 Å². The number of hydrogen-bond acceptors (Lipinski definition) is 1. The molecule has 4 heteroatoms. The zero-order chi connectivity index (χ0) is 18.1. The topological polar surface area (TPSA) is 36.1 Å². The molecule has 1 amide bonds. The first-order chi connectivity index (χ1) is 12.6. The molecule has 1 N–H and O–H groups in total. The second-order valence-corrected chi connectivity index (χ2v) is 7.25. The van der Waals surface area contributed by atoms with E-state index in [0.717, 1.165) is 42.4 Å². The molecule has 0 bridgehead atoms. The average molecular weight is 350 g/mol. The zero-order valence-electron chi connectivity index (χ0n) is 15.0. The number of carbonyl (C=O) groups is 1. The predicted molar refractivity (Wildman–Crippen MR) is 102 cm³/mol. The number of aromatic amines is 1. The van der Waals surface area contributed by atoms with E-state index in [1.807, 2.05) is 36.2 Å². The third-order valence-corrected chi connectivity index (χ3v) is 5.40. The quantitative estimate of drug-likeness (QED) is 0.738. The molecule has 2 heterocycles. The molecule has 134 valence electrons. The first-order valence-corrected chi connectivity index (χ1v) is 9.20. The Morgan fingerprint density at radius 1 is 1.19 bits per heavy atom. The number of rotatable bonds is 3. The highest BCUT2D eigenvalue weighted by atomic mass is 19.1. The van der Waals surface area contributed by atoms with Gasteiger partial charge in [-0.15, -0.1) is 0 Å². The molecule has 0 aliphatic carbocycles. The van der Waals surface area contributed by atoms with Gasteiger partial charge in [-0.25, -0.2) is 4.39 Å². The second kappa shape index (κ2) is 6.94. The van der Waals surface area contributed by atoms with Crippen molar-refractivity contribution in [2.75, 3.05) is 13.1 Å². The Hall–Kier alpha value is -2.62. The Labute approximate surface area is 152 Å². The molecule has 0 radical (unpaired) electrons. The van der Waals surface area contributed by atoms with Gasteiger partial charge in [0.05, 0.1) is 6.42 Å². The Morgan fingerprint density at radius 2 is 2.00 bits per heavy atom. The van der Waals surface area contributed by atoms with Crippen molar-refractivity contribution in [2.24, 2.45) is 0 Å². The Bertz CT molecular complexity index is 938. The van der Waals surface area contributed by atoms with Crippen LogP contribution in [-0.4, -0.2) is 28.9 Å². The molecule has 1 aromatic heterocycles. The van der Waals surface area contributed by atoms with Crippen LogP contribution in [0, 0.1) is 12.7 Å². The van der Waals surface area contributed by atoms with E-state index in [9.17, 15) is 9.18 Å². The fourth-order valence-corrected chi connectivity index (χ4v) is 4.00. The van der Waals surface area contributed by atoms with E-state index in [1.54, 1.807) is 12.1 Å². The summed E-state index contributed by atoms with van der Waals surface area (Å²) < 4.78 is 13.6. The van der Waals surface area contributed by atoms with E-state index < -0.39 is 0 Å². The number of H-pyrrole nitrogens is 1. The molecule has 0 atom stereocenters. The van der Waals surface area contributed by atoms with Gasteiger partial charge in [-0.1, -0.05) is 29.8 Å². The number of nitrogens with one attached hydrogen (secondary N) is 1. The monoisotopic (exact) mass is 350 g/mol. The van der Waals surface area contributed by atoms with Gasteiger partial charge in [-0.05, 0) is 55.0 Å². The van der Waals surface area contributed by atoms with Crippen molar-refractivity contribution in [3.05, 3.63) is 71.2 Å². The number of benzene rings is 2. The maximum atomic E-state index is 13.6. The number of nitrogens with zero attached hydrogens (tertiary/aromatic N) is 1. The van der Waals surface area contributed by atoms with E-state index in [0.29, 0.717) is 12.3 Å². The third kappa shape index (κ3) is 3.36. The summed E-state index contributed by atoms with van der Waals surface area (Å²) in [5.74, 6) is 0.358. The maximum Gasteiger partial charge on any atom is 0.226 e. The summed E-state index contributed by atoms with van der Waals surface area (Å²) in [6.45, 7) is 3.57. The molecule has 4 rings (SSSR count). The SMILES string of the molecule is Cc1cccc(CC(=O)N2CCC(c3c[nH]c4ccc(F)cc34)CC2)c1. The van der Waals surface area contributed by atoms with Crippen molar-refractivity contribution in [1.29, 1.82) is 0 Å². The molecule has 0 unspecified atom stereocenters. The minimum absolute atomic E-state index is 0.194. The standard InChI is InChI=1S/C22H23FN2O/c1-15-3-2-4-16(11-15)12-22(26)25-9-7-17(8-10-25)20-14-24-21-6-5-18(23)13-19(20)21/h2-6,11,13-14,17,24H,7-10,12H2,1H3. The predicted octanol–water partition coefficient (Wildman–Crippen LogP) is 4.56. The molecule has 0 saturated carbocycles. The number of likely N-dealkylation sites (tertiary alicyclic amines) is 1. The van der Waals surface area contributed by atoms with Gasteiger partial charge in [0.25, 0.3) is 0 Å². The summed E-state index contributed by atoms with van der Waals surface area (Å²) in [6.07, 6.45) is 4.30. The number of halogens is 1. The first kappa shape index (κ1) is 16.8. The molecular formula is C22H23FN2O. The van der Waals surface area contributed by atoms with Crippen molar-refractivity contribution in [3.63, 3.8) is 0 Å². The molecule has 3 aromatic rings. The van der Waals surface area contributed by atoms with Gasteiger partial charge in [0.2, 0.25) is 5.91 Å². The summed E-state index contributed by atoms with van der Waals surface area (Å²) in [7, 11) is 0. The molecule has 3 nitrogen and oxygen atoms in total. The lowest BCUT2D eigenvalue weighted by Crippen LogP contribution is -2.38. The Morgan fingerprint density at radius 3 is 2.77 bits per heavy atom. The number of hydrogen-bond donors (Lipinski definition) is 1. The summed E-state index contributed by atoms with van der Waals surface area (Å²) in [5.41, 5.74) is 4.40. The fourth-order valence-electron chi connectivity index (χ4n) is 4.00. The molecule has 1 saturated heterocycles. The molecular weight excluding hydrogens is 327 g/mol. The van der Waals surface area contributed by atoms with E-state index >= 15 is 0 Å². The zero-order valence-corrected chi connectivity index (χ0v) is 15.0. The normalized spacial score (nSPS) is 15.5. The summed E-state index contributed by atoms with van der Waals surface area (Å²) >= 11 is 0. The van der Waals surface area contributed by atoms with E-state index in [2.05, 4.69) is 11.1 Å². The van der Waals surface area contributed by atoms with Crippen molar-refractivity contribution < 1.29 is 9.18 Å². The van der Waals surface area contributed by atoms with Crippen molar-refractivity contribution in [1.82, 2.24) is 9.88 Å². The van der Waals surface area contributed by atoms with Crippen LogP contribution in [-0.2, 0) is 11.2 Å². The van der Waals surface area contributed by atoms with Crippen molar-refractivity contribution >= 4 is 16.8 Å². The Kier molecular flexibility index (Phi) is 4.49. The number of carbonyl (C=O) groups excluding carboxylic acids is 1. The summed E-state index contributed by atoms with van der Waals surface area (Å²) in [6, 6.07) is 13.0. The molecule has 1 aliphatic rings. The third-order valence-electron chi connectivity index (χ3n) is 5.40. The van der Waals surface area contributed by atoms with Crippen LogP contribution in [0.15, 0.2) is 48.7 Å². The number of amides is 1. The van der Waals surface area contributed by atoms with Gasteiger partial charge in [0.1, 0.15) is 5.82 Å². The molecule has 1 aliphatic heterocycles. The van der Waals surface area contributed by atoms with Gasteiger partial charge in [-0.2, -0.15) is 0 Å². The van der Waals surface area contributed by atoms with Crippen LogP contribution in [0.25, 0.3) is 10.9 Å². The average Bonchev–Trinajstić information content (AvgIpc) is 3.05. The van der Waals surface area contributed by atoms with Crippen LogP contribution >= 0.6 is 0 Å². The highest BCUT2D eigenvalue weighted by Gasteiger charge is 2.25. The van der Waals surface area contributed by atoms with E-state index in [-0.39, 0.29) is 11.7 Å². The molecule has 2 aromatic carbocycles. The van der Waals surface area contributed by atoms with Crippen LogP contribution in [0.3, 0.4) is 0 Å². The number of fused-ring (bicyclic) bond motifs is 1. The summed E-state index contributed by atoms with van der Waals surface area (Å²) in [5, 5.41) is 0.967. The van der Waals surface area contributed by atoms with Gasteiger partial charge < -0.3 is 9.88 Å². The largest absolute Gasteiger partial charge is 0.361 e. The minimum atomic E-state index is -0.205. The van der Waals surface area contributed by atoms with Crippen LogP contribution in [0.4, 0.5) is 4.39 Å².